The van der Waals surface area contributed by atoms with E-state index in [4.69, 9.17) is 28.7 Å². The van der Waals surface area contributed by atoms with E-state index in [2.05, 4.69) is 37.5 Å². The standard InChI is InChI=1S/3C6H5NO2.C3H5N.C3H8O3S.2C2H6O.CH3ClO2S.CH3F.CH3I.CN.ClH.Na/c3*8-7(9)6-4-2-1-3-5-6;1-2-3-4;1-3-6-7(2,4)5;2*1-2-3;1-5(2,3)4;3*1-2;;/h3*1-5H;2H2,1H3;3H2,1-2H3;2*3H,2H2,1H3;1H3;2*1H3;;1H;/q;;;;;;;;;;-1;;+1/i;;;;;;;;1D;;;;. The van der Waals surface area contributed by atoms with Gasteiger partial charge in [-0.1, -0.05) is 84.1 Å². The molecule has 25 heteroatoms. The van der Waals surface area contributed by atoms with Crippen molar-refractivity contribution >= 4 is 81.9 Å². The van der Waals surface area contributed by atoms with Gasteiger partial charge in [0.2, 0.25) is 9.05 Å². The van der Waals surface area contributed by atoms with Gasteiger partial charge in [0.25, 0.3) is 27.2 Å². The number of nitro benzene ring substituents is 3. The zero-order chi connectivity index (χ0) is 46.0. The van der Waals surface area contributed by atoms with E-state index in [-0.39, 0.29) is 78.8 Å². The van der Waals surface area contributed by atoms with Crippen molar-refractivity contribution in [3.63, 3.8) is 0 Å². The summed E-state index contributed by atoms with van der Waals surface area (Å²) >= 11 is 2.15. The third kappa shape index (κ3) is 95.4. The molecule has 0 aromatic heterocycles. The van der Waals surface area contributed by atoms with Gasteiger partial charge in [0, 0.05) is 66.7 Å². The first kappa shape index (κ1) is 74.8. The molecule has 0 unspecified atom stereocenters. The Morgan fingerprint density at radius 3 is 0.965 bits per heavy atom. The van der Waals surface area contributed by atoms with Crippen LogP contribution in [0.15, 0.2) is 91.0 Å². The maximum atomic E-state index is 10.0. The number of para-hydroxylation sites is 3. The predicted octanol–water partition coefficient (Wildman–Crippen LogP) is 5.03. The molecule has 0 spiro atoms. The minimum Gasteiger partial charge on any atom is -0.512 e. The van der Waals surface area contributed by atoms with Crippen LogP contribution < -0.4 is 29.6 Å². The minimum absolute atomic E-state index is 0. The Morgan fingerprint density at radius 2 is 0.912 bits per heavy atom. The van der Waals surface area contributed by atoms with Crippen molar-refractivity contribution in [2.75, 3.05) is 44.4 Å². The molecule has 2 N–H and O–H groups in total. The van der Waals surface area contributed by atoms with Gasteiger partial charge < -0.3 is 22.0 Å². The van der Waals surface area contributed by atoms with Gasteiger partial charge in [-0.2, -0.15) is 13.7 Å². The molecule has 0 saturated carbocycles. The van der Waals surface area contributed by atoms with E-state index in [0.717, 1.165) is 12.5 Å². The number of hydrogen-bond donors (Lipinski definition) is 2. The summed E-state index contributed by atoms with van der Waals surface area (Å²) in [6.45, 7) is 12.3. The number of nitrogens with zero attached hydrogens (tertiary/aromatic N) is 5. The van der Waals surface area contributed by atoms with E-state index in [1.165, 1.54) is 36.4 Å². The normalized spacial score (nSPS) is 8.12. The van der Waals surface area contributed by atoms with Crippen LogP contribution in [0.5, 0.6) is 0 Å². The van der Waals surface area contributed by atoms with E-state index in [0.29, 0.717) is 6.42 Å². The van der Waals surface area contributed by atoms with Crippen molar-refractivity contribution in [1.82, 2.24) is 0 Å². The van der Waals surface area contributed by atoms with Crippen LogP contribution in [0.1, 0.15) is 35.5 Å². The second-order valence-electron chi connectivity index (χ2n) is 7.71. The molecule has 57 heavy (non-hydrogen) atoms. The molecule has 0 aliphatic carbocycles. The number of aliphatic hydroxyl groups is 2. The van der Waals surface area contributed by atoms with Crippen LogP contribution in [0, 0.1) is 53.5 Å². The topological polar surface area (TPSA) is 295 Å². The van der Waals surface area contributed by atoms with Crippen LogP contribution in [0.2, 0.25) is 0 Å². The summed E-state index contributed by atoms with van der Waals surface area (Å²) in [6.07, 6.45) is 2.57. The van der Waals surface area contributed by atoms with Crippen molar-refractivity contribution < 1.29 is 81.3 Å². The zero-order valence-corrected chi connectivity index (χ0v) is 40.0. The molecular weight excluding hydrogens is 966 g/mol. The largest absolute Gasteiger partial charge is 1.00 e. The predicted molar refractivity (Wildman–Crippen MR) is 227 cm³/mol. The molecule has 0 amide bonds. The summed E-state index contributed by atoms with van der Waals surface area (Å²) in [4.78, 5) is 30.7. The molecule has 322 valence electrons. The Labute approximate surface area is 383 Å². The number of nitro groups is 3. The Hall–Kier alpha value is -3.14. The van der Waals surface area contributed by atoms with Crippen molar-refractivity contribution in [1.29, 1.82) is 10.5 Å². The number of aliphatic hydroxyl groups excluding tert-OH is 2. The second-order valence-corrected chi connectivity index (χ2v) is 12.4. The Bertz CT molecular complexity index is 1470. The van der Waals surface area contributed by atoms with Crippen LogP contribution in [0.25, 0.3) is 0 Å². The fourth-order valence-corrected chi connectivity index (χ4v) is 2.29. The Morgan fingerprint density at radius 1 is 0.754 bits per heavy atom. The summed E-state index contributed by atoms with van der Waals surface area (Å²) in [5.74, 6) is 0. The third-order valence-corrected chi connectivity index (χ3v) is 4.05. The van der Waals surface area contributed by atoms with E-state index in [9.17, 15) is 51.6 Å². The first-order valence-electron chi connectivity index (χ1n) is 15.2. The summed E-state index contributed by atoms with van der Waals surface area (Å²) < 4.78 is 58.5. The smallest absolute Gasteiger partial charge is 0.512 e. The first-order valence-corrected chi connectivity index (χ1v) is 21.2. The van der Waals surface area contributed by atoms with Crippen LogP contribution in [0.4, 0.5) is 21.5 Å². The molecule has 3 aromatic carbocycles. The van der Waals surface area contributed by atoms with Crippen LogP contribution >= 0.6 is 45.7 Å². The van der Waals surface area contributed by atoms with Crippen molar-refractivity contribution in [2.24, 2.45) is 0 Å². The molecule has 18 nitrogen and oxygen atoms in total. The summed E-state index contributed by atoms with van der Waals surface area (Å²) in [6, 6.07) is 25.7. The summed E-state index contributed by atoms with van der Waals surface area (Å²) in [5, 5.41) is 59.0. The van der Waals surface area contributed by atoms with E-state index in [1.54, 1.807) is 75.4 Å². The molecule has 0 atom stereocenters. The quantitative estimate of drug-likeness (QED) is 0.0495. The monoisotopic (exact) mass is 1020 g/mol. The SMILES string of the molecule is CCC#N.CCO.CCO.CCOS(C)(=O)=O.CI.CS(=O)(=O)Cl.Cl.O=[N+]([O-])c1ccccc1.O=[N+]([O-])c1ccccc1.O=[N+]([O-])c1ccccc1.[2H]CF.[C-]#N.[Na+]. The van der Waals surface area contributed by atoms with Gasteiger partial charge in [0.05, 0.1) is 48.5 Å². The summed E-state index contributed by atoms with van der Waals surface area (Å²) in [7, 11) is -2.87. The van der Waals surface area contributed by atoms with Crippen molar-refractivity contribution in [3.8, 4) is 6.07 Å². The number of rotatable bonds is 5. The van der Waals surface area contributed by atoms with Gasteiger partial charge in [0.15, 0.2) is 0 Å². The summed E-state index contributed by atoms with van der Waals surface area (Å²) in [5.41, 5.74) is 0.410. The Balaban J connectivity index is -0.0000000567. The van der Waals surface area contributed by atoms with Gasteiger partial charge in [-0.25, -0.2) is 8.42 Å². The third-order valence-electron chi connectivity index (χ3n) is 3.39. The molecule has 0 bridgehead atoms. The van der Waals surface area contributed by atoms with Gasteiger partial charge in [-0.15, -0.1) is 12.4 Å². The van der Waals surface area contributed by atoms with Gasteiger partial charge in [0.1, 0.15) is 0 Å². The van der Waals surface area contributed by atoms with Gasteiger partial charge in [-0.05, 0) is 25.7 Å². The molecule has 0 aliphatic rings. The van der Waals surface area contributed by atoms with Crippen LogP contribution in [0.3, 0.4) is 0 Å². The zero-order valence-electron chi connectivity index (χ0n) is 33.7. The molecule has 0 aliphatic heterocycles. The average molecular weight is 1020 g/mol. The fourth-order valence-electron chi connectivity index (χ4n) is 1.86. The second kappa shape index (κ2) is 62.1. The molecule has 3 rings (SSSR count). The van der Waals surface area contributed by atoms with Gasteiger partial charge >= 0.3 is 29.6 Å². The molecular formula is C32H50Cl2FIN5NaO13S2. The number of hydrogen-bond acceptors (Lipinski definition) is 15. The van der Waals surface area contributed by atoms with E-state index >= 15 is 0 Å². The van der Waals surface area contributed by atoms with E-state index < -0.39 is 41.1 Å². The number of halogens is 4. The van der Waals surface area contributed by atoms with Gasteiger partial charge in [-0.3, -0.25) is 38.9 Å². The Kier molecular flexibility index (Phi) is 81.4. The maximum Gasteiger partial charge on any atom is 1.00 e. The van der Waals surface area contributed by atoms with Crippen molar-refractivity contribution in [2.45, 2.75) is 34.1 Å². The minimum atomic E-state index is -3.19. The average Bonchev–Trinajstić information content (AvgIpc) is 3.15. The number of alkyl halides is 2. The fraction of sp³-hybridized carbons (Fsp3) is 0.375. The first-order chi connectivity index (χ1) is 26.1. The number of benzene rings is 3. The molecule has 0 saturated heterocycles. The van der Waals surface area contributed by atoms with Crippen molar-refractivity contribution in [3.05, 3.63) is 128 Å². The maximum absolute atomic E-state index is 10.0. The number of non-ortho nitro benzene ring substituents is 3. The van der Waals surface area contributed by atoms with E-state index in [1.807, 2.05) is 17.9 Å². The molecule has 3 aromatic rings. The van der Waals surface area contributed by atoms with Crippen LogP contribution in [-0.4, -0.2) is 86.2 Å². The molecule has 0 fully saturated rings. The van der Waals surface area contributed by atoms with Crippen LogP contribution in [-0.2, 0) is 23.4 Å². The molecule has 0 radical (unpaired) electrons. The number of nitriles is 1. The molecule has 0 heterocycles.